The van der Waals surface area contributed by atoms with Crippen molar-refractivity contribution < 1.29 is 22.7 Å². The van der Waals surface area contributed by atoms with Crippen molar-refractivity contribution in [2.24, 2.45) is 0 Å². The van der Waals surface area contributed by atoms with Gasteiger partial charge in [0.15, 0.2) is 11.5 Å². The van der Waals surface area contributed by atoms with Crippen LogP contribution >= 0.6 is 0 Å². The van der Waals surface area contributed by atoms with Crippen molar-refractivity contribution in [3.8, 4) is 11.5 Å². The third-order valence-electron chi connectivity index (χ3n) is 3.60. The second kappa shape index (κ2) is 6.64. The summed E-state index contributed by atoms with van der Waals surface area (Å²) in [4.78, 5) is 7.64. The van der Waals surface area contributed by atoms with E-state index in [-0.39, 0.29) is 11.0 Å². The van der Waals surface area contributed by atoms with Gasteiger partial charge in [-0.1, -0.05) is 17.7 Å². The number of benzene rings is 1. The first-order valence-electron chi connectivity index (χ1n) is 6.88. The Morgan fingerprint density at radius 1 is 1.10 bits per heavy atom. The van der Waals surface area contributed by atoms with Gasteiger partial charge in [-0.3, -0.25) is 4.84 Å². The van der Waals surface area contributed by atoms with E-state index in [0.717, 1.165) is 25.7 Å². The van der Waals surface area contributed by atoms with Gasteiger partial charge in [0.25, 0.3) is 10.0 Å². The monoisotopic (exact) mass is 315 g/mol. The van der Waals surface area contributed by atoms with Gasteiger partial charge >= 0.3 is 0 Å². The van der Waals surface area contributed by atoms with E-state index in [9.17, 15) is 8.42 Å². The maximum Gasteiger partial charge on any atom is 0.262 e. The molecule has 0 atom stereocenters. The number of nitrogens with one attached hydrogen (secondary N) is 1. The summed E-state index contributed by atoms with van der Waals surface area (Å²) in [5.74, 6) is 0.856. The molecule has 0 bridgehead atoms. The van der Waals surface area contributed by atoms with Gasteiger partial charge in [0.2, 0.25) is 0 Å². The Morgan fingerprint density at radius 3 is 2.24 bits per heavy atom. The average molecular weight is 315 g/mol. The second-order valence-corrected chi connectivity index (χ2v) is 6.70. The van der Waals surface area contributed by atoms with Crippen LogP contribution in [-0.4, -0.2) is 28.7 Å². The molecule has 1 N–H and O–H groups in total. The lowest BCUT2D eigenvalue weighted by atomic mass is 10.2. The summed E-state index contributed by atoms with van der Waals surface area (Å²) in [5, 5.41) is 0. The minimum absolute atomic E-state index is 0.0415. The molecule has 118 valence electrons. The molecule has 1 aliphatic rings. The summed E-state index contributed by atoms with van der Waals surface area (Å²) in [7, 11) is -0.773. The van der Waals surface area contributed by atoms with Crippen LogP contribution in [0, 0.1) is 6.92 Å². The van der Waals surface area contributed by atoms with E-state index in [1.165, 1.54) is 20.3 Å². The summed E-state index contributed by atoms with van der Waals surface area (Å²) in [6.07, 6.45) is 3.87. The topological polar surface area (TPSA) is 73.9 Å². The lowest BCUT2D eigenvalue weighted by molar-refractivity contribution is 0.0223. The van der Waals surface area contributed by atoms with Crippen molar-refractivity contribution in [3.63, 3.8) is 0 Å². The maximum absolute atomic E-state index is 12.3. The number of methoxy groups -OCH3 is 2. The van der Waals surface area contributed by atoms with Crippen LogP contribution in [-0.2, 0) is 14.9 Å². The molecule has 2 rings (SSSR count). The summed E-state index contributed by atoms with van der Waals surface area (Å²) in [6, 6.07) is 3.07. The third-order valence-corrected chi connectivity index (χ3v) is 4.93. The fraction of sp³-hybridized carbons (Fsp3) is 0.571. The largest absolute Gasteiger partial charge is 0.493 e. The zero-order chi connectivity index (χ0) is 15.5. The molecule has 0 amide bonds. The number of aryl methyl sites for hydroxylation is 1. The van der Waals surface area contributed by atoms with Gasteiger partial charge in [-0.25, -0.2) is 8.42 Å². The molecule has 1 fully saturated rings. The fourth-order valence-electron chi connectivity index (χ4n) is 2.43. The first-order chi connectivity index (χ1) is 9.97. The SMILES string of the molecule is COc1cc(C)c(S(=O)(=O)NOC2CCCC2)cc1OC. The van der Waals surface area contributed by atoms with Gasteiger partial charge in [-0.05, 0) is 31.4 Å². The van der Waals surface area contributed by atoms with Gasteiger partial charge in [0, 0.05) is 6.07 Å². The van der Waals surface area contributed by atoms with Gasteiger partial charge in [-0.2, -0.15) is 0 Å². The highest BCUT2D eigenvalue weighted by Crippen LogP contribution is 2.32. The molecule has 0 aromatic heterocycles. The van der Waals surface area contributed by atoms with Crippen LogP contribution in [0.25, 0.3) is 0 Å². The highest BCUT2D eigenvalue weighted by Gasteiger charge is 2.23. The van der Waals surface area contributed by atoms with E-state index < -0.39 is 10.0 Å². The number of sulfonamides is 1. The van der Waals surface area contributed by atoms with Crippen LogP contribution in [0.4, 0.5) is 0 Å². The molecule has 0 spiro atoms. The first-order valence-corrected chi connectivity index (χ1v) is 8.36. The molecule has 0 saturated heterocycles. The maximum atomic E-state index is 12.3. The smallest absolute Gasteiger partial charge is 0.262 e. The number of ether oxygens (including phenoxy) is 2. The Morgan fingerprint density at radius 2 is 1.67 bits per heavy atom. The van der Waals surface area contributed by atoms with Crippen LogP contribution in [0.3, 0.4) is 0 Å². The standard InChI is InChI=1S/C14H21NO5S/c1-10-8-12(18-2)13(19-3)9-14(10)21(16,17)15-20-11-6-4-5-7-11/h8-9,11,15H,4-7H2,1-3H3. The Kier molecular flexibility index (Phi) is 5.08. The Hall–Kier alpha value is -1.31. The summed E-state index contributed by atoms with van der Waals surface area (Å²) in [5.41, 5.74) is 0.565. The van der Waals surface area contributed by atoms with E-state index in [2.05, 4.69) is 4.89 Å². The minimum Gasteiger partial charge on any atom is -0.493 e. The zero-order valence-corrected chi connectivity index (χ0v) is 13.3. The Balaban J connectivity index is 2.22. The molecule has 1 aromatic carbocycles. The van der Waals surface area contributed by atoms with Crippen LogP contribution in [0.2, 0.25) is 0 Å². The molecule has 21 heavy (non-hydrogen) atoms. The van der Waals surface area contributed by atoms with E-state index >= 15 is 0 Å². The predicted octanol–water partition coefficient (Wildman–Crippen LogP) is 2.16. The van der Waals surface area contributed by atoms with Crippen molar-refractivity contribution in [1.82, 2.24) is 4.89 Å². The molecule has 1 aliphatic carbocycles. The highest BCUT2D eigenvalue weighted by atomic mass is 32.2. The molecule has 0 unspecified atom stereocenters. The highest BCUT2D eigenvalue weighted by molar-refractivity contribution is 7.89. The summed E-state index contributed by atoms with van der Waals surface area (Å²) >= 11 is 0. The van der Waals surface area contributed by atoms with Crippen molar-refractivity contribution in [2.45, 2.75) is 43.6 Å². The van der Waals surface area contributed by atoms with Gasteiger partial charge in [0.05, 0.1) is 25.2 Å². The third kappa shape index (κ3) is 3.66. The van der Waals surface area contributed by atoms with Crippen LogP contribution in [0.5, 0.6) is 11.5 Å². The zero-order valence-electron chi connectivity index (χ0n) is 12.5. The molecule has 7 heteroatoms. The lowest BCUT2D eigenvalue weighted by Gasteiger charge is -2.15. The first kappa shape index (κ1) is 16.1. The van der Waals surface area contributed by atoms with Crippen molar-refractivity contribution in [1.29, 1.82) is 0 Å². The molecule has 0 heterocycles. The predicted molar refractivity (Wildman–Crippen MR) is 77.9 cm³/mol. The Bertz CT molecular complexity index is 594. The fourth-order valence-corrected chi connectivity index (χ4v) is 3.53. The van der Waals surface area contributed by atoms with E-state index in [1.807, 2.05) is 0 Å². The van der Waals surface area contributed by atoms with Crippen molar-refractivity contribution in [3.05, 3.63) is 17.7 Å². The van der Waals surface area contributed by atoms with E-state index in [4.69, 9.17) is 14.3 Å². The van der Waals surface area contributed by atoms with E-state index in [1.54, 1.807) is 13.0 Å². The molecule has 6 nitrogen and oxygen atoms in total. The number of rotatable bonds is 6. The van der Waals surface area contributed by atoms with Crippen LogP contribution in [0.1, 0.15) is 31.2 Å². The number of hydrogen-bond acceptors (Lipinski definition) is 5. The van der Waals surface area contributed by atoms with Gasteiger partial charge < -0.3 is 9.47 Å². The average Bonchev–Trinajstić information content (AvgIpc) is 2.98. The Labute approximate surface area is 125 Å². The molecule has 1 aromatic rings. The van der Waals surface area contributed by atoms with Crippen LogP contribution < -0.4 is 14.4 Å². The van der Waals surface area contributed by atoms with Gasteiger partial charge in [-0.15, -0.1) is 0 Å². The summed E-state index contributed by atoms with van der Waals surface area (Å²) in [6.45, 7) is 1.70. The second-order valence-electron chi connectivity index (χ2n) is 5.08. The molecular weight excluding hydrogens is 294 g/mol. The lowest BCUT2D eigenvalue weighted by Crippen LogP contribution is -2.29. The quantitative estimate of drug-likeness (QED) is 0.814. The minimum atomic E-state index is -3.74. The molecular formula is C14H21NO5S. The molecule has 1 saturated carbocycles. The molecule has 0 aliphatic heterocycles. The number of hydrogen-bond donors (Lipinski definition) is 1. The van der Waals surface area contributed by atoms with Crippen molar-refractivity contribution in [2.75, 3.05) is 14.2 Å². The summed E-state index contributed by atoms with van der Waals surface area (Å²) < 4.78 is 35.0. The van der Waals surface area contributed by atoms with Gasteiger partial charge in [0.1, 0.15) is 0 Å². The van der Waals surface area contributed by atoms with Crippen LogP contribution in [0.15, 0.2) is 17.0 Å². The molecule has 0 radical (unpaired) electrons. The van der Waals surface area contributed by atoms with Crippen molar-refractivity contribution >= 4 is 10.0 Å². The normalized spacial score (nSPS) is 16.1. The van der Waals surface area contributed by atoms with E-state index in [0.29, 0.717) is 17.1 Å².